The van der Waals surface area contributed by atoms with Crippen molar-refractivity contribution in [1.29, 1.82) is 0 Å². The highest BCUT2D eigenvalue weighted by Crippen LogP contribution is 2.27. The molecule has 0 spiro atoms. The molecule has 1 unspecified atom stereocenters. The van der Waals surface area contributed by atoms with E-state index in [4.69, 9.17) is 0 Å². The average Bonchev–Trinajstić information content (AvgIpc) is 2.90. The normalized spacial score (nSPS) is 24.8. The molecule has 1 aliphatic carbocycles. The fourth-order valence-electron chi connectivity index (χ4n) is 3.48. The second-order valence-corrected chi connectivity index (χ2v) is 6.34. The van der Waals surface area contributed by atoms with E-state index in [1.807, 2.05) is 0 Å². The number of likely N-dealkylation sites (N-methyl/N-ethyl adjacent to an activating group) is 1. The SMILES string of the molecule is CC(CN(C)CCC1CCCC1)N1CCNCC1. The lowest BCUT2D eigenvalue weighted by Gasteiger charge is -2.35. The van der Waals surface area contributed by atoms with Crippen LogP contribution in [0.4, 0.5) is 0 Å². The standard InChI is InChI=1S/C15H31N3/c1-14(18-11-8-16-9-12-18)13-17(2)10-7-15-5-3-4-6-15/h14-16H,3-13H2,1-2H3. The zero-order valence-electron chi connectivity index (χ0n) is 12.3. The number of piperazine rings is 1. The van der Waals surface area contributed by atoms with Gasteiger partial charge >= 0.3 is 0 Å². The fraction of sp³-hybridized carbons (Fsp3) is 1.00. The van der Waals surface area contributed by atoms with E-state index in [0.717, 1.165) is 19.0 Å². The van der Waals surface area contributed by atoms with E-state index in [2.05, 4.69) is 29.1 Å². The van der Waals surface area contributed by atoms with E-state index >= 15 is 0 Å². The van der Waals surface area contributed by atoms with Gasteiger partial charge in [0.2, 0.25) is 0 Å². The first kappa shape index (κ1) is 14.3. The summed E-state index contributed by atoms with van der Waals surface area (Å²) in [5.41, 5.74) is 0. The van der Waals surface area contributed by atoms with Crippen LogP contribution in [0.1, 0.15) is 39.0 Å². The van der Waals surface area contributed by atoms with Gasteiger partial charge in [0.05, 0.1) is 0 Å². The first-order valence-corrected chi connectivity index (χ1v) is 7.89. The van der Waals surface area contributed by atoms with E-state index in [0.29, 0.717) is 6.04 Å². The van der Waals surface area contributed by atoms with Gasteiger partial charge in [-0.3, -0.25) is 4.90 Å². The van der Waals surface area contributed by atoms with Crippen molar-refractivity contribution in [3.8, 4) is 0 Å². The van der Waals surface area contributed by atoms with Crippen molar-refractivity contribution in [3.63, 3.8) is 0 Å². The Balaban J connectivity index is 1.61. The smallest absolute Gasteiger partial charge is 0.0195 e. The Kier molecular flexibility index (Phi) is 5.93. The number of hydrogen-bond acceptors (Lipinski definition) is 3. The first-order valence-electron chi connectivity index (χ1n) is 7.89. The Morgan fingerprint density at radius 2 is 1.89 bits per heavy atom. The maximum atomic E-state index is 3.43. The minimum Gasteiger partial charge on any atom is -0.314 e. The minimum absolute atomic E-state index is 0.709. The molecule has 0 amide bonds. The predicted molar refractivity (Wildman–Crippen MR) is 78.0 cm³/mol. The quantitative estimate of drug-likeness (QED) is 0.778. The molecule has 2 fully saturated rings. The Morgan fingerprint density at radius 1 is 1.22 bits per heavy atom. The maximum absolute atomic E-state index is 3.43. The Hall–Kier alpha value is -0.120. The highest BCUT2D eigenvalue weighted by Gasteiger charge is 2.19. The third-order valence-electron chi connectivity index (χ3n) is 4.74. The van der Waals surface area contributed by atoms with E-state index in [1.165, 1.54) is 58.3 Å². The molecule has 2 rings (SSSR count). The molecule has 3 heteroatoms. The molecule has 106 valence electrons. The van der Waals surface area contributed by atoms with Crippen molar-refractivity contribution < 1.29 is 0 Å². The largest absolute Gasteiger partial charge is 0.314 e. The molecule has 1 saturated carbocycles. The number of hydrogen-bond donors (Lipinski definition) is 1. The second kappa shape index (κ2) is 7.46. The molecule has 0 radical (unpaired) electrons. The summed E-state index contributed by atoms with van der Waals surface area (Å²) in [7, 11) is 2.30. The van der Waals surface area contributed by atoms with Crippen LogP contribution >= 0.6 is 0 Å². The van der Waals surface area contributed by atoms with E-state index in [-0.39, 0.29) is 0 Å². The lowest BCUT2D eigenvalue weighted by Crippen LogP contribution is -2.50. The first-order chi connectivity index (χ1) is 8.75. The molecule has 1 aliphatic heterocycles. The molecular weight excluding hydrogens is 222 g/mol. The minimum atomic E-state index is 0.709. The summed E-state index contributed by atoms with van der Waals surface area (Å²) in [6, 6.07) is 0.709. The topological polar surface area (TPSA) is 18.5 Å². The Morgan fingerprint density at radius 3 is 2.56 bits per heavy atom. The van der Waals surface area contributed by atoms with Gasteiger partial charge in [-0.2, -0.15) is 0 Å². The van der Waals surface area contributed by atoms with Crippen LogP contribution in [0, 0.1) is 5.92 Å². The van der Waals surface area contributed by atoms with Crippen molar-refractivity contribution in [2.45, 2.75) is 45.1 Å². The molecule has 2 aliphatic rings. The highest BCUT2D eigenvalue weighted by molar-refractivity contribution is 4.76. The van der Waals surface area contributed by atoms with Gasteiger partial charge in [-0.15, -0.1) is 0 Å². The molecule has 3 nitrogen and oxygen atoms in total. The summed E-state index contributed by atoms with van der Waals surface area (Å²) in [6.07, 6.45) is 7.35. The number of nitrogens with zero attached hydrogens (tertiary/aromatic N) is 2. The fourth-order valence-corrected chi connectivity index (χ4v) is 3.48. The van der Waals surface area contributed by atoms with Gasteiger partial charge in [0.1, 0.15) is 0 Å². The second-order valence-electron chi connectivity index (χ2n) is 6.34. The van der Waals surface area contributed by atoms with Gasteiger partial charge in [-0.25, -0.2) is 0 Å². The zero-order valence-corrected chi connectivity index (χ0v) is 12.3. The molecule has 0 aromatic carbocycles. The van der Waals surface area contributed by atoms with Gasteiger partial charge in [-0.05, 0) is 32.9 Å². The summed E-state index contributed by atoms with van der Waals surface area (Å²) in [5, 5.41) is 3.43. The molecular formula is C15H31N3. The zero-order chi connectivity index (χ0) is 12.8. The van der Waals surface area contributed by atoms with Gasteiger partial charge in [0.25, 0.3) is 0 Å². The predicted octanol–water partition coefficient (Wildman–Crippen LogP) is 1.79. The van der Waals surface area contributed by atoms with Crippen LogP contribution in [0.5, 0.6) is 0 Å². The van der Waals surface area contributed by atoms with Crippen LogP contribution < -0.4 is 5.32 Å². The highest BCUT2D eigenvalue weighted by atomic mass is 15.2. The Bertz CT molecular complexity index is 220. The maximum Gasteiger partial charge on any atom is 0.0195 e. The van der Waals surface area contributed by atoms with Crippen LogP contribution in [0.3, 0.4) is 0 Å². The van der Waals surface area contributed by atoms with E-state index < -0.39 is 0 Å². The summed E-state index contributed by atoms with van der Waals surface area (Å²) in [4.78, 5) is 5.17. The van der Waals surface area contributed by atoms with Crippen molar-refractivity contribution in [2.24, 2.45) is 5.92 Å². The van der Waals surface area contributed by atoms with E-state index in [1.54, 1.807) is 0 Å². The molecule has 0 bridgehead atoms. The van der Waals surface area contributed by atoms with Gasteiger partial charge in [-0.1, -0.05) is 25.7 Å². The lowest BCUT2D eigenvalue weighted by atomic mass is 10.0. The molecule has 1 heterocycles. The van der Waals surface area contributed by atoms with Crippen LogP contribution in [-0.4, -0.2) is 62.2 Å². The number of nitrogens with one attached hydrogen (secondary N) is 1. The van der Waals surface area contributed by atoms with Gasteiger partial charge in [0, 0.05) is 38.8 Å². The van der Waals surface area contributed by atoms with Crippen LogP contribution in [0.15, 0.2) is 0 Å². The third kappa shape index (κ3) is 4.52. The van der Waals surface area contributed by atoms with Crippen molar-refractivity contribution in [1.82, 2.24) is 15.1 Å². The summed E-state index contributed by atoms with van der Waals surface area (Å²) in [5.74, 6) is 1.03. The van der Waals surface area contributed by atoms with Crippen molar-refractivity contribution >= 4 is 0 Å². The number of rotatable bonds is 6. The summed E-state index contributed by atoms with van der Waals surface area (Å²) < 4.78 is 0. The monoisotopic (exact) mass is 253 g/mol. The molecule has 1 atom stereocenters. The molecule has 0 aromatic rings. The van der Waals surface area contributed by atoms with Gasteiger partial charge < -0.3 is 10.2 Å². The van der Waals surface area contributed by atoms with Crippen molar-refractivity contribution in [2.75, 3.05) is 46.3 Å². The van der Waals surface area contributed by atoms with Crippen molar-refractivity contribution in [3.05, 3.63) is 0 Å². The summed E-state index contributed by atoms with van der Waals surface area (Å²) in [6.45, 7) is 9.67. The van der Waals surface area contributed by atoms with E-state index in [9.17, 15) is 0 Å². The molecule has 18 heavy (non-hydrogen) atoms. The van der Waals surface area contributed by atoms with Crippen LogP contribution in [0.2, 0.25) is 0 Å². The van der Waals surface area contributed by atoms with Crippen LogP contribution in [0.25, 0.3) is 0 Å². The molecule has 0 aromatic heterocycles. The summed E-state index contributed by atoms with van der Waals surface area (Å²) >= 11 is 0. The van der Waals surface area contributed by atoms with Crippen LogP contribution in [-0.2, 0) is 0 Å². The lowest BCUT2D eigenvalue weighted by molar-refractivity contribution is 0.143. The average molecular weight is 253 g/mol. The molecule has 1 N–H and O–H groups in total. The molecule has 1 saturated heterocycles. The Labute approximate surface area is 113 Å². The van der Waals surface area contributed by atoms with Gasteiger partial charge in [0.15, 0.2) is 0 Å². The third-order valence-corrected chi connectivity index (χ3v) is 4.74.